The van der Waals surface area contributed by atoms with Gasteiger partial charge in [-0.25, -0.2) is 23.8 Å². The first-order valence-electron chi connectivity index (χ1n) is 10.9. The molecule has 2 aromatic carbocycles. The van der Waals surface area contributed by atoms with E-state index in [2.05, 4.69) is 44.2 Å². The van der Waals surface area contributed by atoms with E-state index in [1.54, 1.807) is 16.8 Å². The van der Waals surface area contributed by atoms with Crippen LogP contribution < -0.4 is 10.6 Å². The second-order valence-corrected chi connectivity index (χ2v) is 8.21. The van der Waals surface area contributed by atoms with Crippen LogP contribution in [0.4, 0.5) is 5.82 Å². The number of aromatic nitrogens is 5. The number of nitrogens with zero attached hydrogens (tertiary/aromatic N) is 6. The maximum absolute atomic E-state index is 13.1. The molecule has 0 N–H and O–H groups in total. The number of hydrogen-bond acceptors (Lipinski definition) is 6. The highest BCUT2D eigenvalue weighted by molar-refractivity contribution is 5.64. The number of oxazole rings is 1. The molecule has 0 saturated carbocycles. The van der Waals surface area contributed by atoms with Gasteiger partial charge in [0.05, 0.1) is 6.54 Å². The molecule has 0 bridgehead atoms. The van der Waals surface area contributed by atoms with Crippen LogP contribution in [0.5, 0.6) is 0 Å². The van der Waals surface area contributed by atoms with E-state index in [-0.39, 0.29) is 12.2 Å². The topological polar surface area (TPSA) is 81.5 Å². The van der Waals surface area contributed by atoms with Crippen LogP contribution in [0.2, 0.25) is 0 Å². The predicted octanol–water partition coefficient (Wildman–Crippen LogP) is 3.47. The molecule has 0 radical (unpaired) electrons. The first-order valence-corrected chi connectivity index (χ1v) is 10.9. The number of fused-ring (bicyclic) bond motifs is 2. The maximum atomic E-state index is 13.1. The molecule has 4 heterocycles. The molecule has 6 rings (SSSR count). The molecule has 5 aromatic rings. The Morgan fingerprint density at radius 2 is 1.82 bits per heavy atom. The summed E-state index contributed by atoms with van der Waals surface area (Å²) in [6.07, 6.45) is 4.25. The summed E-state index contributed by atoms with van der Waals surface area (Å²) < 4.78 is 8.84. The Hall–Kier alpha value is -4.20. The third-order valence-electron chi connectivity index (χ3n) is 6.13. The summed E-state index contributed by atoms with van der Waals surface area (Å²) >= 11 is 0. The third-order valence-corrected chi connectivity index (χ3v) is 6.13. The minimum absolute atomic E-state index is 0.227. The minimum atomic E-state index is -0.227. The molecule has 0 aliphatic carbocycles. The Labute approximate surface area is 189 Å². The lowest BCUT2D eigenvalue weighted by Gasteiger charge is -2.29. The lowest BCUT2D eigenvalue weighted by atomic mass is 10.00. The van der Waals surface area contributed by atoms with Gasteiger partial charge < -0.3 is 9.32 Å². The van der Waals surface area contributed by atoms with Gasteiger partial charge in [-0.3, -0.25) is 0 Å². The summed E-state index contributed by atoms with van der Waals surface area (Å²) in [5, 5.41) is 4.64. The molecule has 3 aromatic heterocycles. The van der Waals surface area contributed by atoms with Crippen LogP contribution >= 0.6 is 0 Å². The highest BCUT2D eigenvalue weighted by Crippen LogP contribution is 2.25. The number of rotatable bonds is 4. The largest absolute Gasteiger partial charge is 0.441 e. The van der Waals surface area contributed by atoms with Crippen molar-refractivity contribution in [2.45, 2.75) is 26.4 Å². The van der Waals surface area contributed by atoms with E-state index in [1.165, 1.54) is 15.8 Å². The van der Waals surface area contributed by atoms with E-state index < -0.39 is 0 Å². The van der Waals surface area contributed by atoms with Gasteiger partial charge in [0.25, 0.3) is 0 Å². The molecule has 0 unspecified atom stereocenters. The molecule has 8 heteroatoms. The summed E-state index contributed by atoms with van der Waals surface area (Å²) in [5.74, 6) is 1.92. The summed E-state index contributed by atoms with van der Waals surface area (Å²) in [6, 6.07) is 18.2. The summed E-state index contributed by atoms with van der Waals surface area (Å²) in [6.45, 7) is 3.65. The van der Waals surface area contributed by atoms with Gasteiger partial charge in [0.1, 0.15) is 11.5 Å². The SMILES string of the molecule is Cc1oc(-c2ccccc2)nc1Cn1nc2c(N3CCc4ccccc4C3)nccn2c1=O. The first-order chi connectivity index (χ1) is 16.2. The van der Waals surface area contributed by atoms with E-state index in [0.29, 0.717) is 28.8 Å². The molecule has 33 heavy (non-hydrogen) atoms. The van der Waals surface area contributed by atoms with E-state index in [9.17, 15) is 4.79 Å². The normalized spacial score (nSPS) is 13.4. The van der Waals surface area contributed by atoms with Crippen molar-refractivity contribution in [2.75, 3.05) is 11.4 Å². The van der Waals surface area contributed by atoms with Gasteiger partial charge >= 0.3 is 5.69 Å². The van der Waals surface area contributed by atoms with Crippen molar-refractivity contribution in [1.82, 2.24) is 24.1 Å². The van der Waals surface area contributed by atoms with Crippen LogP contribution in [-0.2, 0) is 19.5 Å². The molecule has 0 amide bonds. The van der Waals surface area contributed by atoms with Gasteiger partial charge in [-0.15, -0.1) is 5.10 Å². The molecule has 0 spiro atoms. The smallest absolute Gasteiger partial charge is 0.350 e. The Kier molecular flexibility index (Phi) is 4.57. The second-order valence-electron chi connectivity index (χ2n) is 8.21. The van der Waals surface area contributed by atoms with Gasteiger partial charge in [0.2, 0.25) is 11.5 Å². The second kappa shape index (κ2) is 7.74. The van der Waals surface area contributed by atoms with E-state index in [0.717, 1.165) is 25.1 Å². The molecule has 1 aliphatic heterocycles. The number of hydrogen-bond donors (Lipinski definition) is 0. The molecule has 164 valence electrons. The molecule has 0 fully saturated rings. The fourth-order valence-corrected chi connectivity index (χ4v) is 4.36. The highest BCUT2D eigenvalue weighted by Gasteiger charge is 2.22. The minimum Gasteiger partial charge on any atom is -0.441 e. The van der Waals surface area contributed by atoms with Crippen LogP contribution in [0.1, 0.15) is 22.6 Å². The van der Waals surface area contributed by atoms with Gasteiger partial charge in [-0.2, -0.15) is 0 Å². The van der Waals surface area contributed by atoms with Crippen LogP contribution in [0.25, 0.3) is 17.1 Å². The summed E-state index contributed by atoms with van der Waals surface area (Å²) in [4.78, 5) is 24.5. The van der Waals surface area contributed by atoms with Crippen molar-refractivity contribution in [3.63, 3.8) is 0 Å². The molecule has 1 aliphatic rings. The first kappa shape index (κ1) is 19.5. The highest BCUT2D eigenvalue weighted by atomic mass is 16.4. The van der Waals surface area contributed by atoms with E-state index in [1.807, 2.05) is 37.3 Å². The van der Waals surface area contributed by atoms with Gasteiger partial charge in [0.15, 0.2) is 5.82 Å². The van der Waals surface area contributed by atoms with Crippen LogP contribution in [-0.4, -0.2) is 30.7 Å². The fraction of sp³-hybridized carbons (Fsp3) is 0.200. The van der Waals surface area contributed by atoms with E-state index in [4.69, 9.17) is 4.42 Å². The van der Waals surface area contributed by atoms with Gasteiger partial charge in [0, 0.05) is 31.0 Å². The number of anilines is 1. The Morgan fingerprint density at radius 3 is 2.67 bits per heavy atom. The van der Waals surface area contributed by atoms with Crippen molar-refractivity contribution in [3.8, 4) is 11.5 Å². The van der Waals surface area contributed by atoms with Crippen molar-refractivity contribution in [1.29, 1.82) is 0 Å². The Bertz CT molecular complexity index is 1520. The average molecular weight is 438 g/mol. The number of aryl methyl sites for hydroxylation is 1. The zero-order valence-electron chi connectivity index (χ0n) is 18.2. The lowest BCUT2D eigenvalue weighted by Crippen LogP contribution is -2.31. The lowest BCUT2D eigenvalue weighted by molar-refractivity contribution is 0.535. The van der Waals surface area contributed by atoms with E-state index >= 15 is 0 Å². The molecule has 0 atom stereocenters. The average Bonchev–Trinajstić information content (AvgIpc) is 3.39. The summed E-state index contributed by atoms with van der Waals surface area (Å²) in [7, 11) is 0. The number of benzene rings is 2. The van der Waals surface area contributed by atoms with Crippen molar-refractivity contribution in [3.05, 3.63) is 100 Å². The van der Waals surface area contributed by atoms with Crippen molar-refractivity contribution >= 4 is 11.5 Å². The standard InChI is InChI=1S/C25H22N6O2/c1-17-21(27-24(33-17)19-8-3-2-4-9-19)16-31-25(32)30-14-12-26-22(23(30)28-31)29-13-11-18-7-5-6-10-20(18)15-29/h2-10,12,14H,11,13,15-16H2,1H3. The van der Waals surface area contributed by atoms with Gasteiger partial charge in [-0.1, -0.05) is 42.5 Å². The maximum Gasteiger partial charge on any atom is 0.350 e. The van der Waals surface area contributed by atoms with Crippen LogP contribution in [0, 0.1) is 6.92 Å². The Morgan fingerprint density at radius 1 is 1.03 bits per heavy atom. The zero-order chi connectivity index (χ0) is 22.4. The molecular formula is C25H22N6O2. The zero-order valence-corrected chi connectivity index (χ0v) is 18.2. The molecule has 8 nitrogen and oxygen atoms in total. The summed E-state index contributed by atoms with van der Waals surface area (Å²) in [5.41, 5.74) is 4.54. The third kappa shape index (κ3) is 3.40. The quantitative estimate of drug-likeness (QED) is 0.427. The predicted molar refractivity (Wildman–Crippen MR) is 124 cm³/mol. The molecule has 0 saturated heterocycles. The van der Waals surface area contributed by atoms with Gasteiger partial charge in [-0.05, 0) is 36.6 Å². The monoisotopic (exact) mass is 438 g/mol. The molecular weight excluding hydrogens is 416 g/mol. The Balaban J connectivity index is 1.35. The van der Waals surface area contributed by atoms with Crippen LogP contribution in [0.15, 0.2) is 76.2 Å². The van der Waals surface area contributed by atoms with Crippen LogP contribution in [0.3, 0.4) is 0 Å². The van der Waals surface area contributed by atoms with Crippen molar-refractivity contribution in [2.24, 2.45) is 0 Å². The van der Waals surface area contributed by atoms with Crippen molar-refractivity contribution < 1.29 is 4.42 Å². The fourth-order valence-electron chi connectivity index (χ4n) is 4.36.